The molecule has 1 aliphatic rings. The van der Waals surface area contributed by atoms with Gasteiger partial charge in [0.15, 0.2) is 0 Å². The van der Waals surface area contributed by atoms with E-state index >= 15 is 0 Å². The zero-order valence-corrected chi connectivity index (χ0v) is 17.5. The van der Waals surface area contributed by atoms with Crippen LogP contribution >= 0.6 is 11.8 Å². The summed E-state index contributed by atoms with van der Waals surface area (Å²) in [5.41, 5.74) is 3.83. The second-order valence-electron chi connectivity index (χ2n) is 7.13. The normalized spacial score (nSPS) is 13.7. The largest absolute Gasteiger partial charge is 0.489 e. The van der Waals surface area contributed by atoms with Crippen molar-refractivity contribution < 1.29 is 14.1 Å². The Hall–Kier alpha value is -2.73. The molecule has 0 N–H and O–H groups in total. The molecule has 5 nitrogen and oxygen atoms in total. The van der Waals surface area contributed by atoms with Crippen molar-refractivity contribution in [1.82, 2.24) is 5.16 Å². The second kappa shape index (κ2) is 8.74. The van der Waals surface area contributed by atoms with Gasteiger partial charge in [-0.15, -0.1) is 11.8 Å². The van der Waals surface area contributed by atoms with E-state index in [1.54, 1.807) is 0 Å². The maximum absolute atomic E-state index is 13.0. The van der Waals surface area contributed by atoms with Crippen molar-refractivity contribution in [3.63, 3.8) is 0 Å². The first-order valence-corrected chi connectivity index (χ1v) is 10.8. The van der Waals surface area contributed by atoms with E-state index in [0.717, 1.165) is 52.7 Å². The summed E-state index contributed by atoms with van der Waals surface area (Å²) in [6, 6.07) is 15.9. The van der Waals surface area contributed by atoms with Crippen molar-refractivity contribution in [2.75, 3.05) is 17.2 Å². The van der Waals surface area contributed by atoms with Crippen LogP contribution in [0.1, 0.15) is 29.0 Å². The standard InChI is InChI=1S/C23H24N2O3S/c1-16-20(17(2)28-24-16)15-27-19-10-8-18(9-11-19)14-23(26)25-12-5-13-29-22-7-4-3-6-21(22)25/h3-4,6-11H,5,12-15H2,1-2H3. The molecule has 2 aromatic carbocycles. The van der Waals surface area contributed by atoms with Gasteiger partial charge in [0.05, 0.1) is 23.4 Å². The lowest BCUT2D eigenvalue weighted by atomic mass is 10.1. The van der Waals surface area contributed by atoms with Gasteiger partial charge < -0.3 is 14.2 Å². The summed E-state index contributed by atoms with van der Waals surface area (Å²) in [6.07, 6.45) is 1.38. The zero-order valence-electron chi connectivity index (χ0n) is 16.7. The van der Waals surface area contributed by atoms with E-state index < -0.39 is 0 Å². The number of aryl methyl sites for hydroxylation is 2. The third kappa shape index (κ3) is 4.48. The number of para-hydroxylation sites is 1. The lowest BCUT2D eigenvalue weighted by Crippen LogP contribution is -2.33. The van der Waals surface area contributed by atoms with Crippen LogP contribution in [0.25, 0.3) is 0 Å². The van der Waals surface area contributed by atoms with Gasteiger partial charge in [0, 0.05) is 11.4 Å². The zero-order chi connectivity index (χ0) is 20.2. The number of benzene rings is 2. The fraction of sp³-hybridized carbons (Fsp3) is 0.304. The third-order valence-electron chi connectivity index (χ3n) is 5.08. The first-order chi connectivity index (χ1) is 14.1. The van der Waals surface area contributed by atoms with Gasteiger partial charge >= 0.3 is 0 Å². The molecular formula is C23H24N2O3S. The average Bonchev–Trinajstić information content (AvgIpc) is 2.93. The van der Waals surface area contributed by atoms with Crippen LogP contribution in [-0.4, -0.2) is 23.4 Å². The number of aromatic nitrogens is 1. The van der Waals surface area contributed by atoms with Crippen LogP contribution in [0.2, 0.25) is 0 Å². The van der Waals surface area contributed by atoms with E-state index in [1.807, 2.05) is 73.0 Å². The molecule has 1 aliphatic heterocycles. The molecule has 150 valence electrons. The first-order valence-electron chi connectivity index (χ1n) is 9.77. The van der Waals surface area contributed by atoms with Crippen molar-refractivity contribution in [3.05, 3.63) is 71.1 Å². The quantitative estimate of drug-likeness (QED) is 0.598. The molecule has 0 saturated heterocycles. The molecule has 0 spiro atoms. The van der Waals surface area contributed by atoms with E-state index in [0.29, 0.717) is 13.0 Å². The van der Waals surface area contributed by atoms with Crippen LogP contribution in [0, 0.1) is 13.8 Å². The SMILES string of the molecule is Cc1noc(C)c1COc1ccc(CC(=O)N2CCCSc3ccccc32)cc1. The van der Waals surface area contributed by atoms with Crippen LogP contribution in [0.4, 0.5) is 5.69 Å². The van der Waals surface area contributed by atoms with Gasteiger partial charge in [0.2, 0.25) is 5.91 Å². The molecular weight excluding hydrogens is 384 g/mol. The Bertz CT molecular complexity index is 978. The maximum Gasteiger partial charge on any atom is 0.231 e. The van der Waals surface area contributed by atoms with Gasteiger partial charge in [-0.25, -0.2) is 0 Å². The van der Waals surface area contributed by atoms with Crippen LogP contribution in [0.3, 0.4) is 0 Å². The Morgan fingerprint density at radius 3 is 2.72 bits per heavy atom. The van der Waals surface area contributed by atoms with Crippen LogP contribution < -0.4 is 9.64 Å². The number of nitrogens with zero attached hydrogens (tertiary/aromatic N) is 2. The van der Waals surface area contributed by atoms with Crippen LogP contribution in [0.5, 0.6) is 5.75 Å². The molecule has 0 radical (unpaired) electrons. The average molecular weight is 409 g/mol. The topological polar surface area (TPSA) is 55.6 Å². The summed E-state index contributed by atoms with van der Waals surface area (Å²) in [5.74, 6) is 2.71. The Balaban J connectivity index is 1.40. The van der Waals surface area contributed by atoms with Gasteiger partial charge in [0.25, 0.3) is 0 Å². The van der Waals surface area contributed by atoms with Crippen LogP contribution in [0.15, 0.2) is 57.9 Å². The van der Waals surface area contributed by atoms with E-state index in [4.69, 9.17) is 9.26 Å². The van der Waals surface area contributed by atoms with Gasteiger partial charge in [-0.3, -0.25) is 4.79 Å². The molecule has 1 amide bonds. The fourth-order valence-electron chi connectivity index (χ4n) is 3.42. The predicted molar refractivity (Wildman–Crippen MR) is 115 cm³/mol. The molecule has 0 unspecified atom stereocenters. The predicted octanol–water partition coefficient (Wildman–Crippen LogP) is 4.94. The van der Waals surface area contributed by atoms with Gasteiger partial charge in [-0.05, 0) is 55.9 Å². The Labute approximate surface area is 175 Å². The van der Waals surface area contributed by atoms with Gasteiger partial charge in [-0.2, -0.15) is 0 Å². The Morgan fingerprint density at radius 1 is 1.17 bits per heavy atom. The number of thioether (sulfide) groups is 1. The minimum absolute atomic E-state index is 0.129. The molecule has 6 heteroatoms. The number of hydrogen-bond donors (Lipinski definition) is 0. The summed E-state index contributed by atoms with van der Waals surface area (Å²) in [5, 5.41) is 3.94. The van der Waals surface area contributed by atoms with Crippen molar-refractivity contribution in [2.24, 2.45) is 0 Å². The van der Waals surface area contributed by atoms with Crippen molar-refractivity contribution in [3.8, 4) is 5.75 Å². The number of rotatable bonds is 5. The second-order valence-corrected chi connectivity index (χ2v) is 8.26. The lowest BCUT2D eigenvalue weighted by Gasteiger charge is -2.22. The Kier molecular flexibility index (Phi) is 5.90. The number of carbonyl (C=O) groups is 1. The van der Waals surface area contributed by atoms with Crippen molar-refractivity contribution in [1.29, 1.82) is 0 Å². The lowest BCUT2D eigenvalue weighted by molar-refractivity contribution is -0.118. The van der Waals surface area contributed by atoms with E-state index in [-0.39, 0.29) is 5.91 Å². The van der Waals surface area contributed by atoms with E-state index in [9.17, 15) is 4.79 Å². The number of amides is 1. The molecule has 4 rings (SSSR count). The summed E-state index contributed by atoms with van der Waals surface area (Å²) in [6.45, 7) is 4.97. The molecule has 2 heterocycles. The maximum atomic E-state index is 13.0. The minimum Gasteiger partial charge on any atom is -0.489 e. The molecule has 3 aromatic rings. The number of carbonyl (C=O) groups excluding carboxylic acids is 1. The molecule has 0 aliphatic carbocycles. The molecule has 0 atom stereocenters. The summed E-state index contributed by atoms with van der Waals surface area (Å²) >= 11 is 1.82. The smallest absolute Gasteiger partial charge is 0.231 e. The molecule has 1 aromatic heterocycles. The Morgan fingerprint density at radius 2 is 1.97 bits per heavy atom. The summed E-state index contributed by atoms with van der Waals surface area (Å²) in [4.78, 5) is 16.1. The van der Waals surface area contributed by atoms with Crippen molar-refractivity contribution >= 4 is 23.4 Å². The monoisotopic (exact) mass is 408 g/mol. The van der Waals surface area contributed by atoms with Gasteiger partial charge in [-0.1, -0.05) is 29.4 Å². The fourth-order valence-corrected chi connectivity index (χ4v) is 4.42. The first kappa shape index (κ1) is 19.6. The molecule has 0 saturated carbocycles. The van der Waals surface area contributed by atoms with E-state index in [1.165, 1.54) is 4.90 Å². The minimum atomic E-state index is 0.129. The number of anilines is 1. The highest BCUT2D eigenvalue weighted by atomic mass is 32.2. The molecule has 0 fully saturated rings. The number of fused-ring (bicyclic) bond motifs is 1. The highest BCUT2D eigenvalue weighted by Crippen LogP contribution is 2.33. The van der Waals surface area contributed by atoms with Crippen LogP contribution in [-0.2, 0) is 17.8 Å². The summed E-state index contributed by atoms with van der Waals surface area (Å²) < 4.78 is 11.0. The molecule has 0 bridgehead atoms. The highest BCUT2D eigenvalue weighted by molar-refractivity contribution is 7.99. The number of ether oxygens (including phenoxy) is 1. The number of hydrogen-bond acceptors (Lipinski definition) is 5. The highest BCUT2D eigenvalue weighted by Gasteiger charge is 2.21. The van der Waals surface area contributed by atoms with Crippen molar-refractivity contribution in [2.45, 2.75) is 38.2 Å². The van der Waals surface area contributed by atoms with Gasteiger partial charge in [0.1, 0.15) is 18.1 Å². The molecule has 29 heavy (non-hydrogen) atoms. The third-order valence-corrected chi connectivity index (χ3v) is 6.23. The summed E-state index contributed by atoms with van der Waals surface area (Å²) in [7, 11) is 0. The van der Waals surface area contributed by atoms with E-state index in [2.05, 4.69) is 11.2 Å².